The summed E-state index contributed by atoms with van der Waals surface area (Å²) in [7, 11) is 1.58. The van der Waals surface area contributed by atoms with Gasteiger partial charge in [-0.05, 0) is 37.5 Å². The summed E-state index contributed by atoms with van der Waals surface area (Å²) in [4.78, 5) is 23.0. The highest BCUT2D eigenvalue weighted by molar-refractivity contribution is 9.10. The molecule has 0 heterocycles. The van der Waals surface area contributed by atoms with Crippen molar-refractivity contribution in [3.63, 3.8) is 0 Å². The van der Waals surface area contributed by atoms with Gasteiger partial charge in [-0.3, -0.25) is 9.59 Å². The molecule has 0 fully saturated rings. The summed E-state index contributed by atoms with van der Waals surface area (Å²) >= 11 is 3.40. The maximum absolute atomic E-state index is 12.2. The van der Waals surface area contributed by atoms with Crippen molar-refractivity contribution in [2.24, 2.45) is 5.92 Å². The second kappa shape index (κ2) is 8.79. The van der Waals surface area contributed by atoms with Crippen LogP contribution in [0.25, 0.3) is 0 Å². The summed E-state index contributed by atoms with van der Waals surface area (Å²) in [6.07, 6.45) is 1.09. The molecule has 0 saturated heterocycles. The van der Waals surface area contributed by atoms with Crippen molar-refractivity contribution in [1.29, 1.82) is 0 Å². The van der Waals surface area contributed by atoms with Crippen molar-refractivity contribution < 1.29 is 19.4 Å². The van der Waals surface area contributed by atoms with E-state index in [1.807, 2.05) is 24.3 Å². The lowest BCUT2D eigenvalue weighted by Gasteiger charge is -2.18. The minimum absolute atomic E-state index is 0.262. The number of carboxylic acids is 1. The number of carboxylic acid groups (broad SMARTS) is 1. The van der Waals surface area contributed by atoms with E-state index in [0.717, 1.165) is 10.0 Å². The minimum Gasteiger partial charge on any atom is -0.480 e. The predicted octanol–water partition coefficient (Wildman–Crippen LogP) is 2.23. The van der Waals surface area contributed by atoms with Gasteiger partial charge in [-0.1, -0.05) is 28.1 Å². The van der Waals surface area contributed by atoms with Crippen LogP contribution in [0, 0.1) is 5.92 Å². The van der Waals surface area contributed by atoms with Gasteiger partial charge in [-0.25, -0.2) is 0 Å². The molecule has 0 saturated carbocycles. The Morgan fingerprint density at radius 2 is 2.14 bits per heavy atom. The summed E-state index contributed by atoms with van der Waals surface area (Å²) in [5, 5.41) is 11.4. The average Bonchev–Trinajstić information content (AvgIpc) is 2.43. The van der Waals surface area contributed by atoms with Gasteiger partial charge in [0.1, 0.15) is 6.04 Å². The standard InChI is InChI=1S/C15H20BrNO4/c1-10(15(19)20)17-14(18)12(6-7-21-2)8-11-4-3-5-13(16)9-11/h3-5,9-10,12H,6-8H2,1-2H3,(H,17,18)(H,19,20)/t10-,12?/m0/s1. The maximum Gasteiger partial charge on any atom is 0.325 e. The van der Waals surface area contributed by atoms with Gasteiger partial charge in [0.2, 0.25) is 5.91 Å². The van der Waals surface area contributed by atoms with Crippen molar-refractivity contribution in [2.75, 3.05) is 13.7 Å². The summed E-state index contributed by atoms with van der Waals surface area (Å²) in [6.45, 7) is 1.90. The van der Waals surface area contributed by atoms with Gasteiger partial charge in [-0.2, -0.15) is 0 Å². The van der Waals surface area contributed by atoms with Crippen LogP contribution in [-0.4, -0.2) is 36.7 Å². The molecule has 2 atom stereocenters. The molecule has 0 spiro atoms. The largest absolute Gasteiger partial charge is 0.480 e. The van der Waals surface area contributed by atoms with E-state index in [1.165, 1.54) is 6.92 Å². The molecule has 1 aromatic rings. The third-order valence-corrected chi connectivity index (χ3v) is 3.63. The normalized spacial score (nSPS) is 13.5. The van der Waals surface area contributed by atoms with Crippen LogP contribution in [0.3, 0.4) is 0 Å². The number of carbonyl (C=O) groups excluding carboxylic acids is 1. The fourth-order valence-corrected chi connectivity index (χ4v) is 2.37. The van der Waals surface area contributed by atoms with Gasteiger partial charge < -0.3 is 15.2 Å². The first-order valence-electron chi connectivity index (χ1n) is 6.70. The van der Waals surface area contributed by atoms with Gasteiger partial charge in [0.05, 0.1) is 0 Å². The summed E-state index contributed by atoms with van der Waals surface area (Å²) in [6, 6.07) is 6.82. The van der Waals surface area contributed by atoms with Crippen molar-refractivity contribution in [3.8, 4) is 0 Å². The molecule has 0 bridgehead atoms. The number of aliphatic carboxylic acids is 1. The Morgan fingerprint density at radius 1 is 1.43 bits per heavy atom. The molecule has 6 heteroatoms. The Kier molecular flexibility index (Phi) is 7.39. The van der Waals surface area contributed by atoms with Crippen molar-refractivity contribution in [2.45, 2.75) is 25.8 Å². The number of hydrogen-bond donors (Lipinski definition) is 2. The number of halogens is 1. The first kappa shape index (κ1) is 17.7. The molecular weight excluding hydrogens is 338 g/mol. The third kappa shape index (κ3) is 6.27. The SMILES string of the molecule is COCCC(Cc1cccc(Br)c1)C(=O)N[C@@H](C)C(=O)O. The van der Waals surface area contributed by atoms with Gasteiger partial charge in [0.15, 0.2) is 0 Å². The van der Waals surface area contributed by atoms with E-state index >= 15 is 0 Å². The Hall–Kier alpha value is -1.40. The van der Waals surface area contributed by atoms with Crippen LogP contribution in [-0.2, 0) is 20.7 Å². The summed E-state index contributed by atoms with van der Waals surface area (Å²) in [5.41, 5.74) is 1.02. The molecule has 1 rings (SSSR count). The first-order valence-corrected chi connectivity index (χ1v) is 7.50. The molecular formula is C15H20BrNO4. The Bertz CT molecular complexity index is 492. The molecule has 0 aliphatic carbocycles. The molecule has 1 aromatic carbocycles. The number of methoxy groups -OCH3 is 1. The van der Waals surface area contributed by atoms with E-state index in [-0.39, 0.29) is 11.8 Å². The highest BCUT2D eigenvalue weighted by Crippen LogP contribution is 2.17. The summed E-state index contributed by atoms with van der Waals surface area (Å²) in [5.74, 6) is -1.63. The smallest absolute Gasteiger partial charge is 0.325 e. The molecule has 1 unspecified atom stereocenters. The molecule has 0 aliphatic heterocycles. The molecule has 5 nitrogen and oxygen atoms in total. The van der Waals surface area contributed by atoms with E-state index in [4.69, 9.17) is 9.84 Å². The number of ether oxygens (including phenoxy) is 1. The van der Waals surface area contributed by atoms with E-state index in [0.29, 0.717) is 19.4 Å². The zero-order chi connectivity index (χ0) is 15.8. The lowest BCUT2D eigenvalue weighted by atomic mass is 9.95. The predicted molar refractivity (Wildman–Crippen MR) is 83.1 cm³/mol. The van der Waals surface area contributed by atoms with Gasteiger partial charge >= 0.3 is 5.97 Å². The Labute approximate surface area is 132 Å². The van der Waals surface area contributed by atoms with Crippen LogP contribution in [0.1, 0.15) is 18.9 Å². The highest BCUT2D eigenvalue weighted by Gasteiger charge is 2.22. The first-order chi connectivity index (χ1) is 9.93. The lowest BCUT2D eigenvalue weighted by molar-refractivity contribution is -0.142. The van der Waals surface area contributed by atoms with Crippen LogP contribution in [0.5, 0.6) is 0 Å². The van der Waals surface area contributed by atoms with Crippen LogP contribution in [0.4, 0.5) is 0 Å². The quantitative estimate of drug-likeness (QED) is 0.747. The maximum atomic E-state index is 12.2. The van der Waals surface area contributed by atoms with Crippen LogP contribution >= 0.6 is 15.9 Å². The van der Waals surface area contributed by atoms with Crippen molar-refractivity contribution >= 4 is 27.8 Å². The van der Waals surface area contributed by atoms with E-state index in [2.05, 4.69) is 21.2 Å². The molecule has 0 aliphatic rings. The van der Waals surface area contributed by atoms with Crippen LogP contribution in [0.15, 0.2) is 28.7 Å². The Balaban J connectivity index is 2.74. The van der Waals surface area contributed by atoms with E-state index < -0.39 is 12.0 Å². The number of nitrogens with one attached hydrogen (secondary N) is 1. The summed E-state index contributed by atoms with van der Waals surface area (Å²) < 4.78 is 5.98. The van der Waals surface area contributed by atoms with Gasteiger partial charge in [0.25, 0.3) is 0 Å². The van der Waals surface area contributed by atoms with Crippen LogP contribution < -0.4 is 5.32 Å². The number of rotatable bonds is 8. The molecule has 0 aromatic heterocycles. The number of benzene rings is 1. The molecule has 1 amide bonds. The monoisotopic (exact) mass is 357 g/mol. The van der Waals surface area contributed by atoms with Crippen molar-refractivity contribution in [3.05, 3.63) is 34.3 Å². The number of hydrogen-bond acceptors (Lipinski definition) is 3. The second-order valence-corrected chi connectivity index (χ2v) is 5.80. The van der Waals surface area contributed by atoms with Crippen molar-refractivity contribution in [1.82, 2.24) is 5.32 Å². The third-order valence-electron chi connectivity index (χ3n) is 3.14. The lowest BCUT2D eigenvalue weighted by Crippen LogP contribution is -2.42. The number of amides is 1. The van der Waals surface area contributed by atoms with E-state index in [9.17, 15) is 9.59 Å². The fourth-order valence-electron chi connectivity index (χ4n) is 1.93. The van der Waals surface area contributed by atoms with E-state index in [1.54, 1.807) is 7.11 Å². The topological polar surface area (TPSA) is 75.6 Å². The fraction of sp³-hybridized carbons (Fsp3) is 0.467. The molecule has 21 heavy (non-hydrogen) atoms. The molecule has 2 N–H and O–H groups in total. The zero-order valence-electron chi connectivity index (χ0n) is 12.1. The molecule has 116 valence electrons. The Morgan fingerprint density at radius 3 is 2.71 bits per heavy atom. The minimum atomic E-state index is -1.05. The van der Waals surface area contributed by atoms with Gasteiger partial charge in [0, 0.05) is 24.1 Å². The molecule has 0 radical (unpaired) electrons. The second-order valence-electron chi connectivity index (χ2n) is 4.88. The average molecular weight is 358 g/mol. The van der Waals surface area contributed by atoms with Gasteiger partial charge in [-0.15, -0.1) is 0 Å². The highest BCUT2D eigenvalue weighted by atomic mass is 79.9. The van der Waals surface area contributed by atoms with Crippen LogP contribution in [0.2, 0.25) is 0 Å². The zero-order valence-corrected chi connectivity index (χ0v) is 13.7. The number of carbonyl (C=O) groups is 2.